The van der Waals surface area contributed by atoms with E-state index in [0.717, 1.165) is 12.2 Å². The smallest absolute Gasteiger partial charge is 0.119 e. The third-order valence-corrected chi connectivity index (χ3v) is 2.64. The van der Waals surface area contributed by atoms with E-state index in [9.17, 15) is 0 Å². The zero-order valence-corrected chi connectivity index (χ0v) is 10.0. The van der Waals surface area contributed by atoms with Gasteiger partial charge in [-0.05, 0) is 18.9 Å². The quantitative estimate of drug-likeness (QED) is 0.800. The van der Waals surface area contributed by atoms with Crippen molar-refractivity contribution in [3.05, 3.63) is 18.0 Å². The zero-order chi connectivity index (χ0) is 11.5. The molecular weight excluding hydrogens is 190 g/mol. The van der Waals surface area contributed by atoms with Crippen molar-refractivity contribution in [3.8, 4) is 0 Å². The predicted molar refractivity (Wildman–Crippen MR) is 60.5 cm³/mol. The van der Waals surface area contributed by atoms with E-state index < -0.39 is 5.60 Å². The lowest BCUT2D eigenvalue weighted by Gasteiger charge is -2.27. The number of rotatable bonds is 5. The number of nitrogens with zero attached hydrogens (tertiary/aromatic N) is 2. The third-order valence-electron chi connectivity index (χ3n) is 2.64. The van der Waals surface area contributed by atoms with Crippen LogP contribution < -0.4 is 5.73 Å². The average molecular weight is 211 g/mol. The summed E-state index contributed by atoms with van der Waals surface area (Å²) in [6.45, 7) is 7.66. The van der Waals surface area contributed by atoms with E-state index >= 15 is 0 Å². The van der Waals surface area contributed by atoms with E-state index in [2.05, 4.69) is 18.9 Å². The fourth-order valence-electron chi connectivity index (χ4n) is 1.57. The summed E-state index contributed by atoms with van der Waals surface area (Å²) in [6.07, 6.45) is 1.80. The fraction of sp³-hybridized carbons (Fsp3) is 0.727. The van der Waals surface area contributed by atoms with Gasteiger partial charge < -0.3 is 10.5 Å². The van der Waals surface area contributed by atoms with Crippen LogP contribution in [0.4, 0.5) is 0 Å². The molecule has 0 aromatic carbocycles. The van der Waals surface area contributed by atoms with Crippen LogP contribution in [0.1, 0.15) is 26.5 Å². The summed E-state index contributed by atoms with van der Waals surface area (Å²) in [6, 6.07) is 1.97. The normalized spacial score (nSPS) is 15.6. The molecule has 0 radical (unpaired) electrons. The summed E-state index contributed by atoms with van der Waals surface area (Å²) >= 11 is 0. The van der Waals surface area contributed by atoms with Crippen LogP contribution >= 0.6 is 0 Å². The molecule has 2 N–H and O–H groups in total. The predicted octanol–water partition coefficient (Wildman–Crippen LogP) is 1.36. The first-order valence-corrected chi connectivity index (χ1v) is 5.31. The Morgan fingerprint density at radius 3 is 2.73 bits per heavy atom. The van der Waals surface area contributed by atoms with Gasteiger partial charge in [-0.2, -0.15) is 5.10 Å². The monoisotopic (exact) mass is 211 g/mol. The Balaban J connectivity index is 2.98. The average Bonchev–Trinajstić information content (AvgIpc) is 2.64. The van der Waals surface area contributed by atoms with Crippen molar-refractivity contribution < 1.29 is 4.74 Å². The number of hydrogen-bond donors (Lipinski definition) is 1. The highest BCUT2D eigenvalue weighted by Gasteiger charge is 2.28. The molecule has 0 aliphatic rings. The highest BCUT2D eigenvalue weighted by molar-refractivity contribution is 5.12. The second kappa shape index (κ2) is 4.77. The molecule has 15 heavy (non-hydrogen) atoms. The Bertz CT molecular complexity index is 303. The topological polar surface area (TPSA) is 53.1 Å². The van der Waals surface area contributed by atoms with Crippen LogP contribution in [0.2, 0.25) is 0 Å². The third kappa shape index (κ3) is 2.58. The van der Waals surface area contributed by atoms with Crippen molar-refractivity contribution in [2.75, 3.05) is 13.7 Å². The van der Waals surface area contributed by atoms with Crippen molar-refractivity contribution in [3.63, 3.8) is 0 Å². The molecule has 1 aromatic heterocycles. The van der Waals surface area contributed by atoms with E-state index in [-0.39, 0.29) is 0 Å². The second-order valence-electron chi connectivity index (χ2n) is 4.43. The molecule has 0 bridgehead atoms. The molecule has 1 atom stereocenters. The molecule has 0 aliphatic heterocycles. The van der Waals surface area contributed by atoms with Crippen molar-refractivity contribution in [1.82, 2.24) is 9.78 Å². The number of nitrogens with two attached hydrogens (primary N) is 1. The maximum absolute atomic E-state index is 5.74. The van der Waals surface area contributed by atoms with Crippen LogP contribution in [-0.2, 0) is 16.9 Å². The molecule has 1 unspecified atom stereocenters. The van der Waals surface area contributed by atoms with Crippen LogP contribution in [0.5, 0.6) is 0 Å². The van der Waals surface area contributed by atoms with Crippen LogP contribution in [0.15, 0.2) is 12.3 Å². The molecule has 1 rings (SSSR count). The van der Waals surface area contributed by atoms with Crippen LogP contribution in [0, 0.1) is 5.92 Å². The first-order chi connectivity index (χ1) is 7.03. The second-order valence-corrected chi connectivity index (χ2v) is 4.43. The van der Waals surface area contributed by atoms with Crippen molar-refractivity contribution in [1.29, 1.82) is 0 Å². The van der Waals surface area contributed by atoms with Crippen molar-refractivity contribution in [2.45, 2.75) is 32.9 Å². The van der Waals surface area contributed by atoms with Crippen LogP contribution in [0.3, 0.4) is 0 Å². The van der Waals surface area contributed by atoms with Gasteiger partial charge in [0.2, 0.25) is 0 Å². The van der Waals surface area contributed by atoms with Gasteiger partial charge in [0.1, 0.15) is 5.60 Å². The molecule has 86 valence electrons. The molecular formula is C11H21N3O. The summed E-state index contributed by atoms with van der Waals surface area (Å²) in [7, 11) is 1.68. The van der Waals surface area contributed by atoms with Gasteiger partial charge in [0.15, 0.2) is 0 Å². The SMILES string of the molecule is COC(C)(CN)c1ccnn1CC(C)C. The van der Waals surface area contributed by atoms with Gasteiger partial charge in [-0.25, -0.2) is 0 Å². The van der Waals surface area contributed by atoms with Gasteiger partial charge in [-0.3, -0.25) is 4.68 Å². The maximum Gasteiger partial charge on any atom is 0.119 e. The number of hydrogen-bond acceptors (Lipinski definition) is 3. The summed E-state index contributed by atoms with van der Waals surface area (Å²) in [5.74, 6) is 0.558. The van der Waals surface area contributed by atoms with E-state index in [0.29, 0.717) is 12.5 Å². The summed E-state index contributed by atoms with van der Waals surface area (Å²) in [5, 5.41) is 4.30. The summed E-state index contributed by atoms with van der Waals surface area (Å²) in [5.41, 5.74) is 6.35. The lowest BCUT2D eigenvalue weighted by molar-refractivity contribution is 0.00205. The first kappa shape index (κ1) is 12.2. The van der Waals surface area contributed by atoms with Crippen molar-refractivity contribution >= 4 is 0 Å². The molecule has 0 saturated heterocycles. The highest BCUT2D eigenvalue weighted by atomic mass is 16.5. The number of methoxy groups -OCH3 is 1. The maximum atomic E-state index is 5.74. The number of ether oxygens (including phenoxy) is 1. The minimum Gasteiger partial charge on any atom is -0.371 e. The molecule has 0 spiro atoms. The highest BCUT2D eigenvalue weighted by Crippen LogP contribution is 2.23. The Hall–Kier alpha value is -0.870. The van der Waals surface area contributed by atoms with Gasteiger partial charge in [0, 0.05) is 26.4 Å². The van der Waals surface area contributed by atoms with Crippen LogP contribution in [0.25, 0.3) is 0 Å². The molecule has 1 aromatic rings. The molecule has 1 heterocycles. The van der Waals surface area contributed by atoms with E-state index in [1.165, 1.54) is 0 Å². The minimum atomic E-state index is -0.439. The lowest BCUT2D eigenvalue weighted by atomic mass is 10.0. The standard InChI is InChI=1S/C11H21N3O/c1-9(2)7-14-10(5-6-13-14)11(3,8-12)15-4/h5-6,9H,7-8,12H2,1-4H3. The van der Waals surface area contributed by atoms with Gasteiger partial charge in [0.05, 0.1) is 5.69 Å². The Morgan fingerprint density at radius 1 is 1.60 bits per heavy atom. The molecule has 0 aliphatic carbocycles. The fourth-order valence-corrected chi connectivity index (χ4v) is 1.57. The lowest BCUT2D eigenvalue weighted by Crippen LogP contribution is -2.36. The summed E-state index contributed by atoms with van der Waals surface area (Å²) in [4.78, 5) is 0. The van der Waals surface area contributed by atoms with Crippen LogP contribution in [-0.4, -0.2) is 23.4 Å². The molecule has 4 heteroatoms. The summed E-state index contributed by atoms with van der Waals surface area (Å²) < 4.78 is 7.44. The van der Waals surface area contributed by atoms with Gasteiger partial charge in [0.25, 0.3) is 0 Å². The Kier molecular flexibility index (Phi) is 3.88. The Morgan fingerprint density at radius 2 is 2.27 bits per heavy atom. The Labute approximate surface area is 91.4 Å². The number of aromatic nitrogens is 2. The minimum absolute atomic E-state index is 0.439. The van der Waals surface area contributed by atoms with E-state index in [4.69, 9.17) is 10.5 Å². The molecule has 0 fully saturated rings. The van der Waals surface area contributed by atoms with Gasteiger partial charge in [-0.1, -0.05) is 13.8 Å². The van der Waals surface area contributed by atoms with E-state index in [1.807, 2.05) is 17.7 Å². The van der Waals surface area contributed by atoms with Gasteiger partial charge in [-0.15, -0.1) is 0 Å². The van der Waals surface area contributed by atoms with Gasteiger partial charge >= 0.3 is 0 Å². The van der Waals surface area contributed by atoms with Crippen molar-refractivity contribution in [2.24, 2.45) is 11.7 Å². The zero-order valence-electron chi connectivity index (χ0n) is 10.0. The molecule has 0 amide bonds. The van der Waals surface area contributed by atoms with E-state index in [1.54, 1.807) is 13.3 Å². The largest absolute Gasteiger partial charge is 0.371 e. The molecule has 4 nitrogen and oxygen atoms in total. The first-order valence-electron chi connectivity index (χ1n) is 5.31. The molecule has 0 saturated carbocycles.